The normalized spacial score (nSPS) is 17.1. The van der Waals surface area contributed by atoms with Crippen molar-refractivity contribution in [3.63, 3.8) is 0 Å². The van der Waals surface area contributed by atoms with E-state index in [4.69, 9.17) is 28.4 Å². The first-order chi connectivity index (χ1) is 22.3. The van der Waals surface area contributed by atoms with Gasteiger partial charge in [-0.2, -0.15) is 0 Å². The molecule has 0 radical (unpaired) electrons. The summed E-state index contributed by atoms with van der Waals surface area (Å²) in [5.41, 5.74) is 2.72. The lowest BCUT2D eigenvalue weighted by molar-refractivity contribution is 0.0881. The van der Waals surface area contributed by atoms with Gasteiger partial charge >= 0.3 is 0 Å². The average molecular weight is 631 g/mol. The molecule has 3 aliphatic heterocycles. The minimum absolute atomic E-state index is 0.0125. The molecule has 0 saturated carbocycles. The molecular formula is C34H34N2O10. The van der Waals surface area contributed by atoms with Crippen molar-refractivity contribution in [2.45, 2.75) is 12.1 Å². The van der Waals surface area contributed by atoms with Gasteiger partial charge in [-0.15, -0.1) is 0 Å². The Hall–Kier alpha value is -5.20. The van der Waals surface area contributed by atoms with E-state index in [1.165, 1.54) is 14.2 Å². The van der Waals surface area contributed by atoms with Gasteiger partial charge in [-0.25, -0.2) is 0 Å². The Morgan fingerprint density at radius 3 is 1.24 bits per heavy atom. The monoisotopic (exact) mass is 630 g/mol. The zero-order valence-electron chi connectivity index (χ0n) is 25.3. The van der Waals surface area contributed by atoms with Crippen molar-refractivity contribution in [2.24, 2.45) is 0 Å². The summed E-state index contributed by atoms with van der Waals surface area (Å²) in [6.07, 6.45) is 0. The van der Waals surface area contributed by atoms with Crippen LogP contribution in [0.5, 0.6) is 57.5 Å². The molecule has 12 nitrogen and oxygen atoms in total. The Balaban J connectivity index is 1.24. The number of aromatic hydroxyl groups is 4. The summed E-state index contributed by atoms with van der Waals surface area (Å²) >= 11 is 0. The third kappa shape index (κ3) is 5.25. The second-order valence-electron chi connectivity index (χ2n) is 11.3. The maximum Gasteiger partial charge on any atom is 0.231 e. The number of phenols is 4. The van der Waals surface area contributed by atoms with Crippen molar-refractivity contribution < 1.29 is 48.8 Å². The van der Waals surface area contributed by atoms with Crippen molar-refractivity contribution in [3.8, 4) is 57.5 Å². The molecule has 3 heterocycles. The maximum atomic E-state index is 11.2. The van der Waals surface area contributed by atoms with Gasteiger partial charge in [0.05, 0.1) is 26.3 Å². The molecule has 1 fully saturated rings. The van der Waals surface area contributed by atoms with Crippen molar-refractivity contribution in [3.05, 3.63) is 82.9 Å². The van der Waals surface area contributed by atoms with Gasteiger partial charge in [0.2, 0.25) is 13.6 Å². The molecule has 240 valence electrons. The molecule has 0 aliphatic carbocycles. The summed E-state index contributed by atoms with van der Waals surface area (Å²) in [4.78, 5) is 4.44. The standard InChI is InChI=1S/C34H34N2O10/c1-41-27-5-3-19(11-25(27)39)33(21-13-29-31(15-23(21)37)45-17-43-29)35-7-9-36(10-8-35)34(20-4-6-28(42-2)26(40)12-20)22-14-30-32(16-24(22)38)46-18-44-30/h3-6,11-16,33-34,37-40H,7-10,17-18H2,1-2H3. The topological polar surface area (TPSA) is 143 Å². The lowest BCUT2D eigenvalue weighted by atomic mass is 9.92. The van der Waals surface area contributed by atoms with Gasteiger partial charge in [0, 0.05) is 49.4 Å². The molecule has 4 N–H and O–H groups in total. The SMILES string of the molecule is COc1ccc(C(c2cc3c(cc2O)OCO3)N2CCN(C(c3ccc(OC)c(O)c3)c3cc4c(cc3O)OCO4)CC2)cc1O. The van der Waals surface area contributed by atoms with Gasteiger partial charge in [0.1, 0.15) is 11.5 Å². The Bertz CT molecular complexity index is 1640. The highest BCUT2D eigenvalue weighted by molar-refractivity contribution is 5.57. The number of piperazine rings is 1. The van der Waals surface area contributed by atoms with Crippen LogP contribution in [0.1, 0.15) is 34.3 Å². The van der Waals surface area contributed by atoms with Crippen LogP contribution in [0.15, 0.2) is 60.7 Å². The fourth-order valence-electron chi connectivity index (χ4n) is 6.51. The number of fused-ring (bicyclic) bond motifs is 2. The molecule has 2 unspecified atom stereocenters. The van der Waals surface area contributed by atoms with Crippen LogP contribution in [0.3, 0.4) is 0 Å². The minimum atomic E-state index is -0.448. The van der Waals surface area contributed by atoms with Crippen LogP contribution in [-0.2, 0) is 0 Å². The van der Waals surface area contributed by atoms with Crippen LogP contribution in [0.2, 0.25) is 0 Å². The highest BCUT2D eigenvalue weighted by atomic mass is 16.7. The number of methoxy groups -OCH3 is 2. The van der Waals surface area contributed by atoms with Crippen LogP contribution < -0.4 is 28.4 Å². The number of ether oxygens (including phenoxy) is 6. The Labute approximate surface area is 265 Å². The second kappa shape index (κ2) is 12.0. The van der Waals surface area contributed by atoms with Crippen LogP contribution in [0.4, 0.5) is 0 Å². The predicted molar refractivity (Wildman–Crippen MR) is 165 cm³/mol. The molecule has 3 aliphatic rings. The van der Waals surface area contributed by atoms with Gasteiger partial charge in [-0.1, -0.05) is 12.1 Å². The molecule has 1 saturated heterocycles. The summed E-state index contributed by atoms with van der Waals surface area (Å²) < 4.78 is 32.8. The third-order valence-electron chi connectivity index (χ3n) is 8.75. The molecule has 46 heavy (non-hydrogen) atoms. The van der Waals surface area contributed by atoms with Crippen LogP contribution in [0, 0.1) is 0 Å². The highest BCUT2D eigenvalue weighted by Crippen LogP contribution is 2.47. The summed E-state index contributed by atoms with van der Waals surface area (Å²) in [5.74, 6) is 2.76. The van der Waals surface area contributed by atoms with E-state index in [-0.39, 0.29) is 36.6 Å². The van der Waals surface area contributed by atoms with E-state index in [0.717, 1.165) is 11.1 Å². The fourth-order valence-corrected chi connectivity index (χ4v) is 6.51. The first kappa shape index (κ1) is 29.5. The molecular weight excluding hydrogens is 596 g/mol. The Morgan fingerprint density at radius 2 is 0.891 bits per heavy atom. The number of rotatable bonds is 8. The Kier molecular flexibility index (Phi) is 7.67. The van der Waals surface area contributed by atoms with Gasteiger partial charge in [0.15, 0.2) is 46.0 Å². The quantitative estimate of drug-likeness (QED) is 0.218. The van der Waals surface area contributed by atoms with Crippen LogP contribution in [-0.4, -0.2) is 84.2 Å². The summed E-state index contributed by atoms with van der Waals surface area (Å²) in [6.45, 7) is 2.34. The average Bonchev–Trinajstić information content (AvgIpc) is 3.71. The van der Waals surface area contributed by atoms with Crippen molar-refractivity contribution in [1.82, 2.24) is 9.80 Å². The van der Waals surface area contributed by atoms with Crippen molar-refractivity contribution >= 4 is 0 Å². The lowest BCUT2D eigenvalue weighted by Crippen LogP contribution is -2.49. The maximum absolute atomic E-state index is 11.2. The molecule has 0 amide bonds. The summed E-state index contributed by atoms with van der Waals surface area (Å²) in [6, 6.07) is 16.2. The summed E-state index contributed by atoms with van der Waals surface area (Å²) in [5, 5.41) is 43.8. The number of hydrogen-bond donors (Lipinski definition) is 4. The van der Waals surface area contributed by atoms with Gasteiger partial charge in [-0.3, -0.25) is 9.80 Å². The van der Waals surface area contributed by atoms with Gasteiger partial charge in [-0.05, 0) is 47.5 Å². The van der Waals surface area contributed by atoms with E-state index in [1.807, 2.05) is 12.1 Å². The third-order valence-corrected chi connectivity index (χ3v) is 8.75. The number of benzene rings is 4. The predicted octanol–water partition coefficient (Wildman–Crippen LogP) is 4.48. The number of nitrogens with zero attached hydrogens (tertiary/aromatic N) is 2. The fraction of sp³-hybridized carbons (Fsp3) is 0.294. The molecule has 0 bridgehead atoms. The highest BCUT2D eigenvalue weighted by Gasteiger charge is 2.35. The Morgan fingerprint density at radius 1 is 0.522 bits per heavy atom. The van der Waals surface area contributed by atoms with Gasteiger partial charge < -0.3 is 48.8 Å². The molecule has 0 aromatic heterocycles. The first-order valence-corrected chi connectivity index (χ1v) is 14.8. The zero-order chi connectivity index (χ0) is 31.9. The molecule has 4 aromatic carbocycles. The lowest BCUT2D eigenvalue weighted by Gasteiger charge is -2.43. The smallest absolute Gasteiger partial charge is 0.231 e. The molecule has 7 rings (SSSR count). The van der Waals surface area contributed by atoms with Crippen LogP contribution >= 0.6 is 0 Å². The number of hydrogen-bond acceptors (Lipinski definition) is 12. The van der Waals surface area contributed by atoms with E-state index in [2.05, 4.69) is 9.80 Å². The van der Waals surface area contributed by atoms with Crippen molar-refractivity contribution in [1.29, 1.82) is 0 Å². The number of phenolic OH excluding ortho intramolecular Hbond substituents is 4. The van der Waals surface area contributed by atoms with Crippen LogP contribution in [0.25, 0.3) is 0 Å². The molecule has 12 heteroatoms. The molecule has 2 atom stereocenters. The van der Waals surface area contributed by atoms with Gasteiger partial charge in [0.25, 0.3) is 0 Å². The first-order valence-electron chi connectivity index (χ1n) is 14.8. The molecule has 0 spiro atoms. The summed E-state index contributed by atoms with van der Waals surface area (Å²) in [7, 11) is 2.98. The minimum Gasteiger partial charge on any atom is -0.507 e. The van der Waals surface area contributed by atoms with E-state index in [9.17, 15) is 20.4 Å². The van der Waals surface area contributed by atoms with E-state index < -0.39 is 12.1 Å². The zero-order valence-corrected chi connectivity index (χ0v) is 25.3. The van der Waals surface area contributed by atoms with E-state index in [0.29, 0.717) is 71.8 Å². The van der Waals surface area contributed by atoms with Crippen molar-refractivity contribution in [2.75, 3.05) is 54.0 Å². The largest absolute Gasteiger partial charge is 0.507 e. The second-order valence-corrected chi connectivity index (χ2v) is 11.3. The van der Waals surface area contributed by atoms with E-state index in [1.54, 1.807) is 48.5 Å². The molecule has 4 aromatic rings. The van der Waals surface area contributed by atoms with E-state index >= 15 is 0 Å².